The van der Waals surface area contributed by atoms with E-state index in [0.717, 1.165) is 63.2 Å². The van der Waals surface area contributed by atoms with Crippen molar-refractivity contribution >= 4 is 14.2 Å². The molecule has 4 aliphatic rings. The van der Waals surface area contributed by atoms with Crippen molar-refractivity contribution in [3.8, 4) is 0 Å². The molecule has 30 heavy (non-hydrogen) atoms. The number of nitrogens with zero attached hydrogens (tertiary/aromatic N) is 2. The molecule has 0 aromatic carbocycles. The van der Waals surface area contributed by atoms with Crippen LogP contribution < -0.4 is 5.73 Å². The van der Waals surface area contributed by atoms with Crippen molar-refractivity contribution in [2.45, 2.75) is 82.5 Å². The van der Waals surface area contributed by atoms with Gasteiger partial charge in [-0.05, 0) is 94.4 Å². The molecule has 0 aromatic rings. The molecule has 4 rings (SSSR count). The normalized spacial score (nSPS) is 39.2. The topological polar surface area (TPSA) is 69.8 Å². The van der Waals surface area contributed by atoms with Crippen LogP contribution in [-0.2, 0) is 4.79 Å². The minimum atomic E-state index is -2.09. The maximum absolute atomic E-state index is 13.5. The fourth-order valence-electron chi connectivity index (χ4n) is 7.43. The highest BCUT2D eigenvalue weighted by Crippen LogP contribution is 2.47. The number of rotatable bonds is 4. The number of carbonyl (C=O) groups is 1. The Morgan fingerprint density at radius 1 is 1.03 bits per heavy atom. The zero-order valence-corrected chi connectivity index (χ0v) is 20.6. The number of amides is 1. The molecule has 6 unspecified atom stereocenters. The fourth-order valence-corrected chi connectivity index (χ4v) is 9.12. The third-order valence-corrected chi connectivity index (χ3v) is 11.9. The van der Waals surface area contributed by atoms with E-state index in [-0.39, 0.29) is 5.92 Å². The highest BCUT2D eigenvalue weighted by Gasteiger charge is 2.50. The average molecular weight is 436 g/mol. The molecule has 2 heterocycles. The van der Waals surface area contributed by atoms with Crippen molar-refractivity contribution in [1.29, 1.82) is 0 Å². The summed E-state index contributed by atoms with van der Waals surface area (Å²) >= 11 is 0. The first-order valence-corrected chi connectivity index (χ1v) is 15.7. The van der Waals surface area contributed by atoms with Crippen molar-refractivity contribution in [2.24, 2.45) is 35.3 Å². The van der Waals surface area contributed by atoms with E-state index in [9.17, 15) is 9.59 Å². The summed E-state index contributed by atoms with van der Waals surface area (Å²) in [5.74, 6) is 3.47. The Morgan fingerprint density at radius 3 is 2.43 bits per heavy atom. The van der Waals surface area contributed by atoms with Gasteiger partial charge in [0.1, 0.15) is 0 Å². The van der Waals surface area contributed by atoms with Crippen molar-refractivity contribution in [2.75, 3.05) is 33.2 Å². The van der Waals surface area contributed by atoms with Gasteiger partial charge in [-0.25, -0.2) is 0 Å². The monoisotopic (exact) mass is 435 g/mol. The van der Waals surface area contributed by atoms with E-state index in [0.29, 0.717) is 23.4 Å². The minimum absolute atomic E-state index is 0.178. The van der Waals surface area contributed by atoms with E-state index < -0.39 is 8.32 Å². The smallest absolute Gasteiger partial charge is 0.227 e. The largest absolute Gasteiger partial charge is 0.432 e. The van der Waals surface area contributed by atoms with Gasteiger partial charge in [0.25, 0.3) is 0 Å². The summed E-state index contributed by atoms with van der Waals surface area (Å²) in [6.07, 6.45) is 11.1. The van der Waals surface area contributed by atoms with E-state index in [2.05, 4.69) is 29.9 Å². The van der Waals surface area contributed by atoms with Crippen LogP contribution >= 0.6 is 0 Å². The standard InChI is InChI=1S/C24H45N3O2Si/c1-26-16-22(21-8-7-20(14-23(21)26)30(2,3)29)24(28)27-11-9-18(10-12-27)19-6-4-5-17(13-19)15-25/h17-23,29H,4-16,25H2,1-3H3. The van der Waals surface area contributed by atoms with Crippen molar-refractivity contribution in [1.82, 2.24) is 9.80 Å². The van der Waals surface area contributed by atoms with Gasteiger partial charge in [-0.3, -0.25) is 4.79 Å². The van der Waals surface area contributed by atoms with E-state index in [1.165, 1.54) is 38.5 Å². The fraction of sp³-hybridized carbons (Fsp3) is 0.958. The molecule has 0 aromatic heterocycles. The first kappa shape index (κ1) is 22.7. The van der Waals surface area contributed by atoms with E-state index in [4.69, 9.17) is 5.73 Å². The maximum atomic E-state index is 13.5. The molecule has 172 valence electrons. The molecule has 6 atom stereocenters. The summed E-state index contributed by atoms with van der Waals surface area (Å²) in [7, 11) is 0.107. The predicted octanol–water partition coefficient (Wildman–Crippen LogP) is 3.29. The number of hydrogen-bond donors (Lipinski definition) is 2. The number of hydrogen-bond acceptors (Lipinski definition) is 4. The second-order valence-electron chi connectivity index (χ2n) is 11.6. The molecule has 1 amide bonds. The molecule has 2 saturated carbocycles. The maximum Gasteiger partial charge on any atom is 0.227 e. The number of likely N-dealkylation sites (tertiary alicyclic amines) is 2. The molecular formula is C24H45N3O2Si. The van der Waals surface area contributed by atoms with Crippen molar-refractivity contribution in [3.63, 3.8) is 0 Å². The molecule has 0 radical (unpaired) electrons. The van der Waals surface area contributed by atoms with Crippen molar-refractivity contribution < 1.29 is 9.59 Å². The van der Waals surface area contributed by atoms with Gasteiger partial charge in [-0.2, -0.15) is 0 Å². The lowest BCUT2D eigenvalue weighted by atomic mass is 9.72. The summed E-state index contributed by atoms with van der Waals surface area (Å²) in [4.78, 5) is 28.8. The lowest BCUT2D eigenvalue weighted by Gasteiger charge is -2.42. The number of fused-ring (bicyclic) bond motifs is 1. The first-order chi connectivity index (χ1) is 14.3. The Labute approximate surface area is 184 Å². The summed E-state index contributed by atoms with van der Waals surface area (Å²) in [5.41, 5.74) is 6.44. The second kappa shape index (κ2) is 9.20. The average Bonchev–Trinajstić information content (AvgIpc) is 3.09. The van der Waals surface area contributed by atoms with Crippen LogP contribution in [0.3, 0.4) is 0 Å². The third kappa shape index (κ3) is 4.67. The van der Waals surface area contributed by atoms with Gasteiger partial charge in [-0.15, -0.1) is 0 Å². The molecule has 6 heteroatoms. The summed E-state index contributed by atoms with van der Waals surface area (Å²) < 4.78 is 0. The van der Waals surface area contributed by atoms with Crippen LogP contribution in [0.1, 0.15) is 57.8 Å². The summed E-state index contributed by atoms with van der Waals surface area (Å²) in [6, 6.07) is 0.490. The zero-order valence-electron chi connectivity index (χ0n) is 19.6. The highest BCUT2D eigenvalue weighted by atomic mass is 28.4. The Morgan fingerprint density at radius 2 is 1.77 bits per heavy atom. The number of piperidine rings is 1. The predicted molar refractivity (Wildman–Crippen MR) is 125 cm³/mol. The van der Waals surface area contributed by atoms with E-state index >= 15 is 0 Å². The van der Waals surface area contributed by atoms with Crippen LogP contribution in [0.25, 0.3) is 0 Å². The van der Waals surface area contributed by atoms with Gasteiger partial charge in [0.2, 0.25) is 5.91 Å². The summed E-state index contributed by atoms with van der Waals surface area (Å²) in [6.45, 7) is 7.86. The highest BCUT2D eigenvalue weighted by molar-refractivity contribution is 6.71. The SMILES string of the molecule is CN1CC(C(=O)N2CCC(C3CCCC(CN)C3)CC2)C2CCC([Si](C)(C)O)CC21. The van der Waals surface area contributed by atoms with E-state index in [1.54, 1.807) is 0 Å². The first-order valence-electron chi connectivity index (χ1n) is 12.7. The van der Waals surface area contributed by atoms with Crippen LogP contribution in [0, 0.1) is 29.6 Å². The van der Waals surface area contributed by atoms with Crippen molar-refractivity contribution in [3.05, 3.63) is 0 Å². The van der Waals surface area contributed by atoms with Crippen LogP contribution in [0.5, 0.6) is 0 Å². The molecule has 0 bridgehead atoms. The Balaban J connectivity index is 1.31. The number of nitrogens with two attached hydrogens (primary N) is 1. The lowest BCUT2D eigenvalue weighted by molar-refractivity contribution is -0.138. The molecule has 0 spiro atoms. The number of carbonyl (C=O) groups excluding carboxylic acids is 1. The van der Waals surface area contributed by atoms with Crippen LogP contribution in [0.4, 0.5) is 0 Å². The second-order valence-corrected chi connectivity index (χ2v) is 15.8. The van der Waals surface area contributed by atoms with Crippen LogP contribution in [0.15, 0.2) is 0 Å². The van der Waals surface area contributed by atoms with Gasteiger partial charge in [-0.1, -0.05) is 19.3 Å². The zero-order chi connectivity index (χ0) is 21.5. The van der Waals surface area contributed by atoms with Gasteiger partial charge < -0.3 is 20.3 Å². The van der Waals surface area contributed by atoms with E-state index in [1.807, 2.05) is 0 Å². The summed E-state index contributed by atoms with van der Waals surface area (Å²) in [5, 5.41) is 0. The lowest BCUT2D eigenvalue weighted by Crippen LogP contribution is -2.46. The molecule has 3 N–H and O–H groups in total. The van der Waals surface area contributed by atoms with Crippen LogP contribution in [0.2, 0.25) is 18.6 Å². The van der Waals surface area contributed by atoms with Gasteiger partial charge >= 0.3 is 0 Å². The quantitative estimate of drug-likeness (QED) is 0.665. The van der Waals surface area contributed by atoms with Crippen LogP contribution in [-0.4, -0.2) is 68.1 Å². The Hall–Kier alpha value is -0.433. The van der Waals surface area contributed by atoms with Gasteiger partial charge in [0.15, 0.2) is 8.32 Å². The van der Waals surface area contributed by atoms with Gasteiger partial charge in [0.05, 0.1) is 5.92 Å². The Bertz CT molecular complexity index is 602. The molecule has 2 aliphatic carbocycles. The van der Waals surface area contributed by atoms with Gasteiger partial charge in [0, 0.05) is 25.7 Å². The Kier molecular flexibility index (Phi) is 6.98. The molecule has 4 fully saturated rings. The molecule has 2 aliphatic heterocycles. The molecule has 5 nitrogen and oxygen atoms in total. The minimum Gasteiger partial charge on any atom is -0.432 e. The molecule has 2 saturated heterocycles. The third-order valence-electron chi connectivity index (χ3n) is 9.43. The molecular weight excluding hydrogens is 390 g/mol.